The van der Waals surface area contributed by atoms with Crippen LogP contribution in [0.1, 0.15) is 38.7 Å². The summed E-state index contributed by atoms with van der Waals surface area (Å²) in [6, 6.07) is 5.43. The van der Waals surface area contributed by atoms with E-state index in [0.717, 1.165) is 24.4 Å². The number of nitrogens with one attached hydrogen (secondary N) is 1. The fourth-order valence-electron chi connectivity index (χ4n) is 2.89. The predicted octanol–water partition coefficient (Wildman–Crippen LogP) is 3.65. The maximum Gasteiger partial charge on any atom is 0.260 e. The first-order chi connectivity index (χ1) is 11.5. The molecule has 0 aromatic heterocycles. The zero-order valence-electron chi connectivity index (χ0n) is 15.0. The van der Waals surface area contributed by atoms with Crippen LogP contribution < -0.4 is 10.1 Å². The van der Waals surface area contributed by atoms with E-state index in [2.05, 4.69) is 17.1 Å². The molecule has 1 aromatic rings. The molecule has 1 unspecified atom stereocenters. The largest absolute Gasteiger partial charge is 0.481 e. The van der Waals surface area contributed by atoms with Crippen molar-refractivity contribution in [1.82, 2.24) is 10.2 Å². The summed E-state index contributed by atoms with van der Waals surface area (Å²) in [5, 5.41) is 3.66. The SMILES string of the molecule is Cc1cc(OC(C)C(=O)NCCCN2CCC(C)CC2)ccc1Cl. The van der Waals surface area contributed by atoms with Gasteiger partial charge in [-0.2, -0.15) is 0 Å². The molecule has 1 amide bonds. The Hall–Kier alpha value is -1.26. The van der Waals surface area contributed by atoms with E-state index in [1.165, 1.54) is 25.9 Å². The van der Waals surface area contributed by atoms with E-state index in [-0.39, 0.29) is 5.91 Å². The Morgan fingerprint density at radius 1 is 1.42 bits per heavy atom. The van der Waals surface area contributed by atoms with Gasteiger partial charge in [0.25, 0.3) is 5.91 Å². The van der Waals surface area contributed by atoms with E-state index >= 15 is 0 Å². The van der Waals surface area contributed by atoms with Gasteiger partial charge < -0.3 is 15.0 Å². The highest BCUT2D eigenvalue weighted by molar-refractivity contribution is 6.31. The maximum atomic E-state index is 12.1. The fraction of sp³-hybridized carbons (Fsp3) is 0.632. The van der Waals surface area contributed by atoms with Crippen molar-refractivity contribution in [1.29, 1.82) is 0 Å². The van der Waals surface area contributed by atoms with Gasteiger partial charge in [0.15, 0.2) is 6.10 Å². The van der Waals surface area contributed by atoms with Crippen LogP contribution in [0.5, 0.6) is 5.75 Å². The molecule has 0 spiro atoms. The molecular formula is C19H29ClN2O2. The average molecular weight is 353 g/mol. The van der Waals surface area contributed by atoms with Crippen LogP contribution >= 0.6 is 11.6 Å². The molecule has 1 fully saturated rings. The van der Waals surface area contributed by atoms with Gasteiger partial charge in [0.1, 0.15) is 5.75 Å². The van der Waals surface area contributed by atoms with Gasteiger partial charge in [-0.15, -0.1) is 0 Å². The fourth-order valence-corrected chi connectivity index (χ4v) is 3.01. The van der Waals surface area contributed by atoms with E-state index in [1.807, 2.05) is 13.0 Å². The monoisotopic (exact) mass is 352 g/mol. The second-order valence-corrected chi connectivity index (χ2v) is 7.25. The number of carbonyl (C=O) groups is 1. The van der Waals surface area contributed by atoms with Gasteiger partial charge in [-0.05, 0) is 82.4 Å². The van der Waals surface area contributed by atoms with E-state index in [4.69, 9.17) is 16.3 Å². The summed E-state index contributed by atoms with van der Waals surface area (Å²) >= 11 is 6.00. The minimum Gasteiger partial charge on any atom is -0.481 e. The summed E-state index contributed by atoms with van der Waals surface area (Å²) in [5.74, 6) is 1.45. The van der Waals surface area contributed by atoms with Gasteiger partial charge in [0.05, 0.1) is 0 Å². The van der Waals surface area contributed by atoms with Crippen LogP contribution in [0.3, 0.4) is 0 Å². The van der Waals surface area contributed by atoms with Crippen molar-refractivity contribution in [3.63, 3.8) is 0 Å². The van der Waals surface area contributed by atoms with Gasteiger partial charge >= 0.3 is 0 Å². The lowest BCUT2D eigenvalue weighted by Crippen LogP contribution is -2.39. The number of likely N-dealkylation sites (tertiary alicyclic amines) is 1. The van der Waals surface area contributed by atoms with Crippen molar-refractivity contribution in [2.45, 2.75) is 46.1 Å². The lowest BCUT2D eigenvalue weighted by atomic mass is 9.99. The molecule has 24 heavy (non-hydrogen) atoms. The molecule has 0 bridgehead atoms. The van der Waals surface area contributed by atoms with Crippen LogP contribution in [0.15, 0.2) is 18.2 Å². The van der Waals surface area contributed by atoms with E-state index in [1.54, 1.807) is 19.1 Å². The molecule has 4 nitrogen and oxygen atoms in total. The van der Waals surface area contributed by atoms with Crippen LogP contribution in [-0.4, -0.2) is 43.1 Å². The van der Waals surface area contributed by atoms with Crippen LogP contribution in [-0.2, 0) is 4.79 Å². The third-order valence-electron chi connectivity index (χ3n) is 4.64. The number of rotatable bonds is 7. The average Bonchev–Trinajstić information content (AvgIpc) is 2.56. The summed E-state index contributed by atoms with van der Waals surface area (Å²) in [7, 11) is 0. The lowest BCUT2D eigenvalue weighted by molar-refractivity contribution is -0.127. The Kier molecular flexibility index (Phi) is 7.38. The first-order valence-electron chi connectivity index (χ1n) is 8.88. The van der Waals surface area contributed by atoms with E-state index < -0.39 is 6.10 Å². The van der Waals surface area contributed by atoms with Crippen LogP contribution in [0, 0.1) is 12.8 Å². The number of hydrogen-bond donors (Lipinski definition) is 1. The summed E-state index contributed by atoms with van der Waals surface area (Å²) in [5.41, 5.74) is 0.942. The number of carbonyl (C=O) groups excluding carboxylic acids is 1. The molecule has 5 heteroatoms. The molecule has 1 N–H and O–H groups in total. The van der Waals surface area contributed by atoms with Crippen LogP contribution in [0.2, 0.25) is 5.02 Å². The lowest BCUT2D eigenvalue weighted by Gasteiger charge is -2.30. The smallest absolute Gasteiger partial charge is 0.260 e. The number of amides is 1. The third-order valence-corrected chi connectivity index (χ3v) is 5.06. The zero-order valence-corrected chi connectivity index (χ0v) is 15.7. The van der Waals surface area contributed by atoms with E-state index in [9.17, 15) is 4.79 Å². The van der Waals surface area contributed by atoms with Gasteiger partial charge in [0, 0.05) is 11.6 Å². The second-order valence-electron chi connectivity index (χ2n) is 6.84. The van der Waals surface area contributed by atoms with Gasteiger partial charge in [-0.25, -0.2) is 0 Å². The van der Waals surface area contributed by atoms with Crippen molar-refractivity contribution in [3.05, 3.63) is 28.8 Å². The number of piperidine rings is 1. The Morgan fingerprint density at radius 3 is 2.79 bits per heavy atom. The molecule has 1 heterocycles. The molecule has 0 aliphatic carbocycles. The van der Waals surface area contributed by atoms with Gasteiger partial charge in [0.2, 0.25) is 0 Å². The number of aryl methyl sites for hydroxylation is 1. The number of benzene rings is 1. The van der Waals surface area contributed by atoms with Crippen molar-refractivity contribution in [2.75, 3.05) is 26.2 Å². The first kappa shape index (κ1) is 19.1. The molecular weight excluding hydrogens is 324 g/mol. The molecule has 1 aliphatic rings. The van der Waals surface area contributed by atoms with Crippen molar-refractivity contribution in [3.8, 4) is 5.75 Å². The highest BCUT2D eigenvalue weighted by Crippen LogP contribution is 2.21. The van der Waals surface area contributed by atoms with Crippen LogP contribution in [0.4, 0.5) is 0 Å². The molecule has 0 radical (unpaired) electrons. The Labute approximate surface area is 150 Å². The normalized spacial score (nSPS) is 17.5. The minimum atomic E-state index is -0.513. The topological polar surface area (TPSA) is 41.6 Å². The predicted molar refractivity (Wildman–Crippen MR) is 98.7 cm³/mol. The summed E-state index contributed by atoms with van der Waals surface area (Å²) < 4.78 is 5.69. The van der Waals surface area contributed by atoms with Crippen molar-refractivity contribution in [2.24, 2.45) is 5.92 Å². The summed E-state index contributed by atoms with van der Waals surface area (Å²) in [6.45, 7) is 10.1. The number of ether oxygens (including phenoxy) is 1. The number of hydrogen-bond acceptors (Lipinski definition) is 3. The minimum absolute atomic E-state index is 0.0742. The summed E-state index contributed by atoms with van der Waals surface area (Å²) in [4.78, 5) is 14.6. The second kappa shape index (κ2) is 9.28. The Bertz CT molecular complexity index is 542. The molecule has 2 rings (SSSR count). The maximum absolute atomic E-state index is 12.1. The highest BCUT2D eigenvalue weighted by Gasteiger charge is 2.16. The zero-order chi connectivity index (χ0) is 17.5. The number of nitrogens with zero attached hydrogens (tertiary/aromatic N) is 1. The quantitative estimate of drug-likeness (QED) is 0.761. The molecule has 1 aromatic carbocycles. The number of halogens is 1. The van der Waals surface area contributed by atoms with E-state index in [0.29, 0.717) is 17.3 Å². The molecule has 134 valence electrons. The van der Waals surface area contributed by atoms with Gasteiger partial charge in [-0.3, -0.25) is 4.79 Å². The standard InChI is InChI=1S/C19H29ClN2O2/c1-14-7-11-22(12-8-14)10-4-9-21-19(23)16(3)24-17-5-6-18(20)15(2)13-17/h5-6,13-14,16H,4,7-12H2,1-3H3,(H,21,23). The van der Waals surface area contributed by atoms with Crippen molar-refractivity contribution < 1.29 is 9.53 Å². The molecule has 0 saturated carbocycles. The Balaban J connectivity index is 1.65. The van der Waals surface area contributed by atoms with Crippen LogP contribution in [0.25, 0.3) is 0 Å². The molecule has 1 atom stereocenters. The van der Waals surface area contributed by atoms with Crippen molar-refractivity contribution >= 4 is 17.5 Å². The molecule has 1 saturated heterocycles. The first-order valence-corrected chi connectivity index (χ1v) is 9.26. The Morgan fingerprint density at radius 2 is 2.12 bits per heavy atom. The molecule has 1 aliphatic heterocycles. The van der Waals surface area contributed by atoms with Gasteiger partial charge in [-0.1, -0.05) is 18.5 Å². The summed E-state index contributed by atoms with van der Waals surface area (Å²) in [6.07, 6.45) is 3.05. The third kappa shape index (κ3) is 5.99. The highest BCUT2D eigenvalue weighted by atomic mass is 35.5.